The molecule has 0 aliphatic carbocycles. The smallest absolute Gasteiger partial charge is 0.301 e. The van der Waals surface area contributed by atoms with Crippen LogP contribution in [0.1, 0.15) is 110 Å². The lowest BCUT2D eigenvalue weighted by molar-refractivity contribution is 0.168. The highest BCUT2D eigenvalue weighted by Gasteiger charge is 2.15. The summed E-state index contributed by atoms with van der Waals surface area (Å²) in [7, 11) is -4.51. The number of unbranched alkanes of at least 4 members (excludes halogenated alkanes) is 15. The number of hydrogen-bond acceptors (Lipinski definition) is 2. The molecule has 0 aromatic heterocycles. The third-order valence-electron chi connectivity index (χ3n) is 4.25. The van der Waals surface area contributed by atoms with Crippen LogP contribution in [0.3, 0.4) is 0 Å². The fourth-order valence-corrected chi connectivity index (χ4v) is 3.19. The Kier molecular flexibility index (Phi) is 17.0. The average Bonchev–Trinajstić information content (AvgIpc) is 2.49. The lowest BCUT2D eigenvalue weighted by Gasteiger charge is -2.04. The van der Waals surface area contributed by atoms with Gasteiger partial charge in [0.25, 0.3) is 0 Å². The highest BCUT2D eigenvalue weighted by Crippen LogP contribution is 2.37. The van der Waals surface area contributed by atoms with E-state index in [0.29, 0.717) is 6.42 Å². The molecule has 1 atom stereocenters. The zero-order chi connectivity index (χ0) is 17.2. The van der Waals surface area contributed by atoms with Crippen LogP contribution in [0.5, 0.6) is 0 Å². The van der Waals surface area contributed by atoms with E-state index in [9.17, 15) is 9.46 Å². The first-order chi connectivity index (χ1) is 11.1. The predicted molar refractivity (Wildman–Crippen MR) is 96.0 cm³/mol. The summed E-state index contributed by atoms with van der Waals surface area (Å²) in [6, 6.07) is 0. The second kappa shape index (κ2) is 17.0. The van der Waals surface area contributed by atoms with Gasteiger partial charge in [0, 0.05) is 0 Å². The van der Waals surface area contributed by atoms with Crippen LogP contribution in [0.15, 0.2) is 0 Å². The zero-order valence-electron chi connectivity index (χ0n) is 15.1. The second-order valence-corrected chi connectivity index (χ2v) is 7.80. The van der Waals surface area contributed by atoms with Crippen molar-refractivity contribution in [2.45, 2.75) is 110 Å². The van der Waals surface area contributed by atoms with Gasteiger partial charge in [-0.1, -0.05) is 103 Å². The molecule has 1 radical (unpaired) electrons. The second-order valence-electron chi connectivity index (χ2n) is 6.61. The van der Waals surface area contributed by atoms with Gasteiger partial charge < -0.3 is 4.89 Å². The quantitative estimate of drug-likeness (QED) is 0.219. The monoisotopic (exact) mass is 349 g/mol. The lowest BCUT2D eigenvalue weighted by atomic mass is 10.0. The SMILES string of the molecule is CCCCCCCCCCCCCCCCCCOP([O])(=O)O. The van der Waals surface area contributed by atoms with Crippen LogP contribution in [0, 0.1) is 0 Å². The lowest BCUT2D eigenvalue weighted by Crippen LogP contribution is -1.91. The van der Waals surface area contributed by atoms with E-state index >= 15 is 0 Å². The Bertz CT molecular complexity index is 278. The molecule has 23 heavy (non-hydrogen) atoms. The molecule has 0 bridgehead atoms. The van der Waals surface area contributed by atoms with E-state index in [4.69, 9.17) is 4.89 Å². The third-order valence-corrected chi connectivity index (χ3v) is 4.76. The maximum atomic E-state index is 10.4. The van der Waals surface area contributed by atoms with Gasteiger partial charge >= 0.3 is 7.82 Å². The largest absolute Gasteiger partial charge is 0.499 e. The van der Waals surface area contributed by atoms with Gasteiger partial charge in [-0.25, -0.2) is 4.57 Å². The van der Waals surface area contributed by atoms with Crippen LogP contribution in [0.4, 0.5) is 0 Å². The highest BCUT2D eigenvalue weighted by atomic mass is 31.2. The molecule has 1 N–H and O–H groups in total. The summed E-state index contributed by atoms with van der Waals surface area (Å²) in [6.07, 6.45) is 20.5. The van der Waals surface area contributed by atoms with Gasteiger partial charge in [-0.3, -0.25) is 4.52 Å². The Labute approximate surface area is 143 Å². The van der Waals surface area contributed by atoms with Crippen LogP contribution >= 0.6 is 7.82 Å². The van der Waals surface area contributed by atoms with Crippen molar-refractivity contribution in [3.63, 3.8) is 0 Å². The standard InChI is InChI=1S/C18H38O4P/c1-2-3-4-5-6-7-8-9-10-11-12-13-14-15-16-17-18-22-23(19,20)21/h2-18H2,1H3,(H,19,20). The first-order valence-corrected chi connectivity index (χ1v) is 11.2. The van der Waals surface area contributed by atoms with Crippen LogP contribution in [-0.2, 0) is 14.0 Å². The van der Waals surface area contributed by atoms with Gasteiger partial charge in [0.2, 0.25) is 0 Å². The minimum absolute atomic E-state index is 0.107. The van der Waals surface area contributed by atoms with Crippen molar-refractivity contribution in [1.82, 2.24) is 0 Å². The fraction of sp³-hybridized carbons (Fsp3) is 1.00. The Hall–Kier alpha value is 0.110. The van der Waals surface area contributed by atoms with Crippen molar-refractivity contribution in [2.24, 2.45) is 0 Å². The molecule has 139 valence electrons. The summed E-state index contributed by atoms with van der Waals surface area (Å²) in [6.45, 7) is 2.37. The van der Waals surface area contributed by atoms with Gasteiger partial charge in [0.05, 0.1) is 6.61 Å². The Balaban J connectivity index is 3.01. The molecule has 1 unspecified atom stereocenters. The Morgan fingerprint density at radius 3 is 1.26 bits per heavy atom. The average molecular weight is 349 g/mol. The maximum Gasteiger partial charge on any atom is 0.499 e. The summed E-state index contributed by atoms with van der Waals surface area (Å²) in [5.41, 5.74) is 0. The summed E-state index contributed by atoms with van der Waals surface area (Å²) in [4.78, 5) is 18.8. The third kappa shape index (κ3) is 22.1. The normalized spacial score (nSPS) is 12.0. The highest BCUT2D eigenvalue weighted by molar-refractivity contribution is 7.46. The van der Waals surface area contributed by atoms with Crippen molar-refractivity contribution in [1.29, 1.82) is 0 Å². The molecule has 0 aliphatic heterocycles. The van der Waals surface area contributed by atoms with E-state index in [0.717, 1.165) is 12.8 Å². The van der Waals surface area contributed by atoms with E-state index < -0.39 is 7.82 Å². The van der Waals surface area contributed by atoms with Crippen molar-refractivity contribution in [3.05, 3.63) is 0 Å². The molecule has 0 aromatic rings. The maximum absolute atomic E-state index is 10.4. The minimum atomic E-state index is -4.51. The van der Waals surface area contributed by atoms with E-state index in [1.807, 2.05) is 0 Å². The Morgan fingerprint density at radius 1 is 0.652 bits per heavy atom. The molecule has 0 heterocycles. The molecule has 0 saturated heterocycles. The molecule has 0 spiro atoms. The number of rotatable bonds is 18. The van der Waals surface area contributed by atoms with Crippen molar-refractivity contribution >= 4 is 7.82 Å². The molecule has 0 fully saturated rings. The predicted octanol–water partition coefficient (Wildman–Crippen LogP) is 6.80. The molecule has 4 nitrogen and oxygen atoms in total. The van der Waals surface area contributed by atoms with Crippen LogP contribution in [-0.4, -0.2) is 11.5 Å². The van der Waals surface area contributed by atoms with E-state index in [2.05, 4.69) is 11.4 Å². The molecular weight excluding hydrogens is 311 g/mol. The molecule has 0 saturated carbocycles. The van der Waals surface area contributed by atoms with Crippen LogP contribution in [0.2, 0.25) is 0 Å². The van der Waals surface area contributed by atoms with E-state index in [-0.39, 0.29) is 6.61 Å². The van der Waals surface area contributed by atoms with Crippen molar-refractivity contribution in [3.8, 4) is 0 Å². The molecule has 0 amide bonds. The molecular formula is C18H38O4P. The van der Waals surface area contributed by atoms with Gasteiger partial charge in [-0.05, 0) is 6.42 Å². The summed E-state index contributed by atoms with van der Waals surface area (Å²) >= 11 is 0. The molecule has 0 rings (SSSR count). The van der Waals surface area contributed by atoms with Gasteiger partial charge in [-0.2, -0.15) is 0 Å². The molecule has 0 aromatic carbocycles. The van der Waals surface area contributed by atoms with Crippen molar-refractivity contribution < 1.29 is 18.9 Å². The van der Waals surface area contributed by atoms with Crippen molar-refractivity contribution in [2.75, 3.05) is 6.61 Å². The summed E-state index contributed by atoms with van der Waals surface area (Å²) in [5.74, 6) is 0. The van der Waals surface area contributed by atoms with Gasteiger partial charge in [-0.15, -0.1) is 4.89 Å². The van der Waals surface area contributed by atoms with Gasteiger partial charge in [0.1, 0.15) is 0 Å². The minimum Gasteiger partial charge on any atom is -0.301 e. The van der Waals surface area contributed by atoms with Crippen LogP contribution in [0.25, 0.3) is 0 Å². The van der Waals surface area contributed by atoms with Crippen LogP contribution < -0.4 is 0 Å². The van der Waals surface area contributed by atoms with E-state index in [1.54, 1.807) is 0 Å². The Morgan fingerprint density at radius 2 is 0.957 bits per heavy atom. The fourth-order valence-electron chi connectivity index (χ4n) is 2.83. The summed E-state index contributed by atoms with van der Waals surface area (Å²) in [5, 5.41) is 0. The first kappa shape index (κ1) is 23.1. The first-order valence-electron chi connectivity index (χ1n) is 9.74. The topological polar surface area (TPSA) is 66.4 Å². The number of hydrogen-bond donors (Lipinski definition) is 1. The zero-order valence-corrected chi connectivity index (χ0v) is 16.0. The summed E-state index contributed by atoms with van der Waals surface area (Å²) < 4.78 is 14.7. The molecule has 0 aliphatic rings. The molecule has 5 heteroatoms. The van der Waals surface area contributed by atoms with Gasteiger partial charge in [0.15, 0.2) is 0 Å². The van der Waals surface area contributed by atoms with E-state index in [1.165, 1.54) is 83.5 Å².